The Hall–Kier alpha value is -1.51. The van der Waals surface area contributed by atoms with E-state index in [9.17, 15) is 9.90 Å². The van der Waals surface area contributed by atoms with Crippen molar-refractivity contribution >= 4 is 11.6 Å². The molecule has 1 aromatic carbocycles. The number of hydrogen-bond donors (Lipinski definition) is 1. The van der Waals surface area contributed by atoms with Crippen LogP contribution in [0.25, 0.3) is 0 Å². The Bertz CT molecular complexity index is 405. The number of phenols is 1. The van der Waals surface area contributed by atoms with Gasteiger partial charge in [0, 0.05) is 18.7 Å². The van der Waals surface area contributed by atoms with Crippen LogP contribution in [0.2, 0.25) is 0 Å². The van der Waals surface area contributed by atoms with Gasteiger partial charge in [-0.2, -0.15) is 0 Å². The highest BCUT2D eigenvalue weighted by Crippen LogP contribution is 2.26. The van der Waals surface area contributed by atoms with Crippen molar-refractivity contribution < 1.29 is 9.90 Å². The summed E-state index contributed by atoms with van der Waals surface area (Å²) in [6, 6.07) is 6.82. The first-order chi connectivity index (χ1) is 9.18. The fraction of sp³-hybridized carbons (Fsp3) is 0.562. The molecular weight excluding hydrogens is 238 g/mol. The molecule has 0 aliphatic heterocycles. The third-order valence-corrected chi connectivity index (χ3v) is 4.02. The summed E-state index contributed by atoms with van der Waals surface area (Å²) in [6.45, 7) is 0. The van der Waals surface area contributed by atoms with E-state index >= 15 is 0 Å². The van der Waals surface area contributed by atoms with Gasteiger partial charge in [-0.05, 0) is 37.1 Å². The maximum absolute atomic E-state index is 12.5. The molecule has 0 unspecified atom stereocenters. The molecule has 1 aliphatic carbocycles. The Morgan fingerprint density at radius 2 is 1.58 bits per heavy atom. The Morgan fingerprint density at radius 1 is 1.05 bits per heavy atom. The van der Waals surface area contributed by atoms with E-state index in [2.05, 4.69) is 0 Å². The maximum atomic E-state index is 12.5. The maximum Gasteiger partial charge on any atom is 0.229 e. The first-order valence-electron chi connectivity index (χ1n) is 7.25. The van der Waals surface area contributed by atoms with Crippen molar-refractivity contribution in [3.05, 3.63) is 24.3 Å². The number of benzene rings is 1. The summed E-state index contributed by atoms with van der Waals surface area (Å²) < 4.78 is 0. The Kier molecular flexibility index (Phi) is 4.83. The molecule has 1 N–H and O–H groups in total. The van der Waals surface area contributed by atoms with Gasteiger partial charge in [-0.1, -0.05) is 32.1 Å². The first-order valence-corrected chi connectivity index (χ1v) is 7.25. The molecule has 0 bridgehead atoms. The molecule has 0 heterocycles. The summed E-state index contributed by atoms with van der Waals surface area (Å²) in [5.41, 5.74) is 0.852. The van der Waals surface area contributed by atoms with Crippen LogP contribution in [-0.4, -0.2) is 18.1 Å². The summed E-state index contributed by atoms with van der Waals surface area (Å²) >= 11 is 0. The van der Waals surface area contributed by atoms with Crippen molar-refractivity contribution in [2.75, 3.05) is 11.9 Å². The fourth-order valence-electron chi connectivity index (χ4n) is 2.78. The van der Waals surface area contributed by atoms with Gasteiger partial charge < -0.3 is 10.0 Å². The lowest BCUT2D eigenvalue weighted by Gasteiger charge is -2.25. The molecule has 104 valence electrons. The standard InChI is InChI=1S/C16H23NO2/c1-17(14-9-11-15(18)12-10-14)16(19)13-7-5-3-2-4-6-8-13/h9-13,18H,2-8H2,1H3. The molecule has 0 saturated heterocycles. The molecule has 1 saturated carbocycles. The highest BCUT2D eigenvalue weighted by Gasteiger charge is 2.23. The van der Waals surface area contributed by atoms with Crippen LogP contribution in [0.5, 0.6) is 5.75 Å². The predicted octanol–water partition coefficient (Wildman–Crippen LogP) is 3.72. The number of anilines is 1. The molecule has 1 fully saturated rings. The van der Waals surface area contributed by atoms with E-state index in [4.69, 9.17) is 0 Å². The highest BCUT2D eigenvalue weighted by molar-refractivity contribution is 5.94. The average Bonchev–Trinajstić information content (AvgIpc) is 2.38. The zero-order chi connectivity index (χ0) is 13.7. The van der Waals surface area contributed by atoms with Gasteiger partial charge in [0.05, 0.1) is 0 Å². The van der Waals surface area contributed by atoms with Gasteiger partial charge in [0.15, 0.2) is 0 Å². The molecule has 0 spiro atoms. The molecular formula is C16H23NO2. The molecule has 2 rings (SSSR count). The minimum atomic E-state index is 0.166. The number of amides is 1. The van der Waals surface area contributed by atoms with E-state index in [0.29, 0.717) is 0 Å². The second-order valence-corrected chi connectivity index (χ2v) is 5.46. The normalized spacial score (nSPS) is 17.5. The van der Waals surface area contributed by atoms with Crippen LogP contribution in [0, 0.1) is 5.92 Å². The molecule has 0 aromatic heterocycles. The largest absolute Gasteiger partial charge is 0.508 e. The lowest BCUT2D eigenvalue weighted by Crippen LogP contribution is -2.33. The quantitative estimate of drug-likeness (QED) is 0.881. The van der Waals surface area contributed by atoms with Crippen LogP contribution in [0.3, 0.4) is 0 Å². The summed E-state index contributed by atoms with van der Waals surface area (Å²) in [5, 5.41) is 9.29. The fourth-order valence-corrected chi connectivity index (χ4v) is 2.78. The molecule has 1 amide bonds. The van der Waals surface area contributed by atoms with Crippen LogP contribution in [0.1, 0.15) is 44.9 Å². The van der Waals surface area contributed by atoms with E-state index < -0.39 is 0 Å². The van der Waals surface area contributed by atoms with Gasteiger partial charge in [0.1, 0.15) is 5.75 Å². The van der Waals surface area contributed by atoms with Crippen molar-refractivity contribution in [2.45, 2.75) is 44.9 Å². The van der Waals surface area contributed by atoms with Gasteiger partial charge in [0.2, 0.25) is 5.91 Å². The van der Waals surface area contributed by atoms with E-state index in [1.165, 1.54) is 32.1 Å². The van der Waals surface area contributed by atoms with Crippen LogP contribution in [0.15, 0.2) is 24.3 Å². The number of carbonyl (C=O) groups excluding carboxylic acids is 1. The van der Waals surface area contributed by atoms with Gasteiger partial charge in [-0.3, -0.25) is 4.79 Å². The molecule has 0 atom stereocenters. The second-order valence-electron chi connectivity index (χ2n) is 5.46. The lowest BCUT2D eigenvalue weighted by atomic mass is 9.90. The van der Waals surface area contributed by atoms with Crippen molar-refractivity contribution in [3.8, 4) is 5.75 Å². The van der Waals surface area contributed by atoms with Crippen molar-refractivity contribution in [1.29, 1.82) is 0 Å². The lowest BCUT2D eigenvalue weighted by molar-refractivity contribution is -0.122. The minimum absolute atomic E-state index is 0.166. The number of aromatic hydroxyl groups is 1. The number of nitrogens with zero attached hydrogens (tertiary/aromatic N) is 1. The second kappa shape index (κ2) is 6.60. The van der Waals surface area contributed by atoms with Crippen LogP contribution in [-0.2, 0) is 4.79 Å². The van der Waals surface area contributed by atoms with Crippen molar-refractivity contribution in [1.82, 2.24) is 0 Å². The van der Waals surface area contributed by atoms with Crippen molar-refractivity contribution in [3.63, 3.8) is 0 Å². The zero-order valence-electron chi connectivity index (χ0n) is 11.6. The topological polar surface area (TPSA) is 40.5 Å². The van der Waals surface area contributed by atoms with Crippen molar-refractivity contribution in [2.24, 2.45) is 5.92 Å². The number of carbonyl (C=O) groups is 1. The van der Waals surface area contributed by atoms with Gasteiger partial charge >= 0.3 is 0 Å². The zero-order valence-corrected chi connectivity index (χ0v) is 11.6. The molecule has 1 aliphatic rings. The van der Waals surface area contributed by atoms with Crippen LogP contribution >= 0.6 is 0 Å². The summed E-state index contributed by atoms with van der Waals surface area (Å²) in [7, 11) is 1.83. The van der Waals surface area contributed by atoms with Crippen LogP contribution < -0.4 is 4.90 Å². The predicted molar refractivity (Wildman–Crippen MR) is 77.3 cm³/mol. The average molecular weight is 261 g/mol. The number of rotatable bonds is 2. The Morgan fingerprint density at radius 3 is 2.16 bits per heavy atom. The SMILES string of the molecule is CN(C(=O)C1CCCCCCC1)c1ccc(O)cc1. The van der Waals surface area contributed by atoms with Crippen LogP contribution in [0.4, 0.5) is 5.69 Å². The number of phenolic OH excluding ortho intramolecular Hbond substituents is 1. The molecule has 1 aromatic rings. The van der Waals surface area contributed by atoms with Gasteiger partial charge in [0.25, 0.3) is 0 Å². The van der Waals surface area contributed by atoms with Gasteiger partial charge in [-0.15, -0.1) is 0 Å². The third kappa shape index (κ3) is 3.72. The third-order valence-electron chi connectivity index (χ3n) is 4.02. The minimum Gasteiger partial charge on any atom is -0.508 e. The summed E-state index contributed by atoms with van der Waals surface area (Å²) in [4.78, 5) is 14.2. The van der Waals surface area contributed by atoms with E-state index in [1.807, 2.05) is 7.05 Å². The molecule has 3 nitrogen and oxygen atoms in total. The Balaban J connectivity index is 2.02. The monoisotopic (exact) mass is 261 g/mol. The molecule has 19 heavy (non-hydrogen) atoms. The van der Waals surface area contributed by atoms with E-state index in [-0.39, 0.29) is 17.6 Å². The molecule has 0 radical (unpaired) electrons. The number of hydrogen-bond acceptors (Lipinski definition) is 2. The molecule has 3 heteroatoms. The Labute approximate surface area is 115 Å². The first kappa shape index (κ1) is 13.9. The summed E-state index contributed by atoms with van der Waals surface area (Å²) in [5.74, 6) is 0.613. The highest BCUT2D eigenvalue weighted by atomic mass is 16.3. The van der Waals surface area contributed by atoms with E-state index in [1.54, 1.807) is 29.2 Å². The van der Waals surface area contributed by atoms with Gasteiger partial charge in [-0.25, -0.2) is 0 Å². The van der Waals surface area contributed by atoms with E-state index in [0.717, 1.165) is 18.5 Å². The smallest absolute Gasteiger partial charge is 0.229 e. The summed E-state index contributed by atoms with van der Waals surface area (Å²) in [6.07, 6.45) is 8.19.